The summed E-state index contributed by atoms with van der Waals surface area (Å²) in [6.07, 6.45) is -0.705. The second-order valence-corrected chi connectivity index (χ2v) is 4.43. The molecule has 0 saturated carbocycles. The van der Waals surface area contributed by atoms with E-state index in [0.29, 0.717) is 17.2 Å². The average Bonchev–Trinajstić information content (AvgIpc) is 2.75. The highest BCUT2D eigenvalue weighted by atomic mass is 32.1. The monoisotopic (exact) mass is 267 g/mol. The molecular formula is C11H13N3O3S. The molecule has 2 N–H and O–H groups in total. The van der Waals surface area contributed by atoms with Crippen molar-refractivity contribution in [1.29, 1.82) is 0 Å². The van der Waals surface area contributed by atoms with Gasteiger partial charge in [0.2, 0.25) is 0 Å². The molecular weight excluding hydrogens is 254 g/mol. The normalized spacial score (nSPS) is 16.5. The largest absolute Gasteiger partial charge is 0.387 e. The van der Waals surface area contributed by atoms with Crippen LogP contribution in [0.3, 0.4) is 0 Å². The van der Waals surface area contributed by atoms with Crippen LogP contribution in [0.4, 0.5) is 5.69 Å². The summed E-state index contributed by atoms with van der Waals surface area (Å²) in [5.74, 6) is 0. The molecule has 1 fully saturated rings. The van der Waals surface area contributed by atoms with Crippen molar-refractivity contribution in [1.82, 2.24) is 10.2 Å². The van der Waals surface area contributed by atoms with Crippen LogP contribution in [0.2, 0.25) is 0 Å². The maximum Gasteiger partial charge on any atom is 0.269 e. The summed E-state index contributed by atoms with van der Waals surface area (Å²) in [4.78, 5) is 11.9. The summed E-state index contributed by atoms with van der Waals surface area (Å²) < 4.78 is 0. The highest BCUT2D eigenvalue weighted by molar-refractivity contribution is 7.80. The standard InChI is InChI=1S/C11H13N3O3S/c15-10(7-13-6-5-12-11(13)18)8-1-3-9(4-2-8)14(16)17/h1-4,10,15H,5-7H2,(H,12,18). The van der Waals surface area contributed by atoms with Crippen LogP contribution >= 0.6 is 12.2 Å². The van der Waals surface area contributed by atoms with E-state index >= 15 is 0 Å². The first-order valence-electron chi connectivity index (χ1n) is 5.53. The highest BCUT2D eigenvalue weighted by Gasteiger charge is 2.20. The van der Waals surface area contributed by atoms with Crippen LogP contribution in [-0.4, -0.2) is 39.7 Å². The molecule has 18 heavy (non-hydrogen) atoms. The van der Waals surface area contributed by atoms with Crippen LogP contribution in [0.25, 0.3) is 0 Å². The van der Waals surface area contributed by atoms with Crippen LogP contribution in [0, 0.1) is 10.1 Å². The number of nitro groups is 1. The van der Waals surface area contributed by atoms with Gasteiger partial charge >= 0.3 is 0 Å². The summed E-state index contributed by atoms with van der Waals surface area (Å²) in [5.41, 5.74) is 0.666. The summed E-state index contributed by atoms with van der Waals surface area (Å²) in [7, 11) is 0. The Bertz CT molecular complexity index is 463. The van der Waals surface area contributed by atoms with E-state index in [1.807, 2.05) is 4.90 Å². The van der Waals surface area contributed by atoms with Gasteiger partial charge in [-0.1, -0.05) is 0 Å². The number of β-amino-alcohol motifs (C(OH)–C–C–N with tert-alkyl or cyclic N) is 1. The van der Waals surface area contributed by atoms with Gasteiger partial charge < -0.3 is 15.3 Å². The van der Waals surface area contributed by atoms with Gasteiger partial charge in [0.05, 0.1) is 17.6 Å². The first-order valence-corrected chi connectivity index (χ1v) is 5.94. The molecule has 0 amide bonds. The van der Waals surface area contributed by atoms with Crippen molar-refractivity contribution in [3.63, 3.8) is 0 Å². The fourth-order valence-corrected chi connectivity index (χ4v) is 2.09. The number of nitrogens with one attached hydrogen (secondary N) is 1. The highest BCUT2D eigenvalue weighted by Crippen LogP contribution is 2.19. The molecule has 0 radical (unpaired) electrons. The molecule has 1 aliphatic rings. The maximum atomic E-state index is 10.5. The van der Waals surface area contributed by atoms with Gasteiger partial charge in [0.25, 0.3) is 5.69 Å². The van der Waals surface area contributed by atoms with E-state index in [2.05, 4.69) is 5.32 Å². The van der Waals surface area contributed by atoms with Gasteiger partial charge in [-0.05, 0) is 29.9 Å². The molecule has 7 heteroatoms. The number of thiocarbonyl (C=S) groups is 1. The molecule has 0 spiro atoms. The fourth-order valence-electron chi connectivity index (χ4n) is 1.82. The number of aliphatic hydroxyl groups is 1. The number of rotatable bonds is 4. The fraction of sp³-hybridized carbons (Fsp3) is 0.364. The predicted octanol–water partition coefficient (Wildman–Crippen LogP) is 0.818. The molecule has 1 saturated heterocycles. The second kappa shape index (κ2) is 5.28. The van der Waals surface area contributed by atoms with Crippen molar-refractivity contribution in [3.05, 3.63) is 39.9 Å². The minimum Gasteiger partial charge on any atom is -0.387 e. The molecule has 2 rings (SSSR count). The van der Waals surface area contributed by atoms with Crippen molar-refractivity contribution >= 4 is 23.0 Å². The number of nitro benzene ring substituents is 1. The maximum absolute atomic E-state index is 10.5. The molecule has 0 bridgehead atoms. The first kappa shape index (κ1) is 12.7. The van der Waals surface area contributed by atoms with E-state index in [1.54, 1.807) is 12.1 Å². The Kier molecular flexibility index (Phi) is 3.73. The Balaban J connectivity index is 2.02. The van der Waals surface area contributed by atoms with Crippen LogP contribution in [0.15, 0.2) is 24.3 Å². The molecule has 1 heterocycles. The van der Waals surface area contributed by atoms with Crippen molar-refractivity contribution in [2.24, 2.45) is 0 Å². The third-order valence-corrected chi connectivity index (χ3v) is 3.23. The number of aliphatic hydroxyl groups excluding tert-OH is 1. The Hall–Kier alpha value is -1.73. The number of nitrogens with zero attached hydrogens (tertiary/aromatic N) is 2. The molecule has 96 valence electrons. The van der Waals surface area contributed by atoms with E-state index in [9.17, 15) is 15.2 Å². The molecule has 1 aromatic rings. The molecule has 1 atom stereocenters. The summed E-state index contributed by atoms with van der Waals surface area (Å²) in [6.45, 7) is 1.94. The Morgan fingerprint density at radius 3 is 2.67 bits per heavy atom. The Labute approximate surface area is 109 Å². The zero-order chi connectivity index (χ0) is 13.1. The average molecular weight is 267 g/mol. The van der Waals surface area contributed by atoms with E-state index in [0.717, 1.165) is 13.1 Å². The molecule has 1 unspecified atom stereocenters. The van der Waals surface area contributed by atoms with Crippen LogP contribution in [-0.2, 0) is 0 Å². The molecule has 1 aliphatic heterocycles. The van der Waals surface area contributed by atoms with Gasteiger partial charge in [-0.3, -0.25) is 10.1 Å². The summed E-state index contributed by atoms with van der Waals surface area (Å²) in [6, 6.07) is 5.91. The lowest BCUT2D eigenvalue weighted by molar-refractivity contribution is -0.384. The van der Waals surface area contributed by atoms with Crippen LogP contribution in [0.1, 0.15) is 11.7 Å². The Morgan fingerprint density at radius 2 is 2.17 bits per heavy atom. The van der Waals surface area contributed by atoms with E-state index in [1.165, 1.54) is 12.1 Å². The summed E-state index contributed by atoms with van der Waals surface area (Å²) >= 11 is 5.08. The second-order valence-electron chi connectivity index (χ2n) is 4.04. The third-order valence-electron chi connectivity index (χ3n) is 2.83. The van der Waals surface area contributed by atoms with E-state index in [-0.39, 0.29) is 5.69 Å². The molecule has 1 aromatic carbocycles. The van der Waals surface area contributed by atoms with Crippen LogP contribution < -0.4 is 5.32 Å². The van der Waals surface area contributed by atoms with E-state index < -0.39 is 11.0 Å². The van der Waals surface area contributed by atoms with Gasteiger partial charge in [-0.15, -0.1) is 0 Å². The Morgan fingerprint density at radius 1 is 1.50 bits per heavy atom. The van der Waals surface area contributed by atoms with Gasteiger partial charge in [-0.25, -0.2) is 0 Å². The zero-order valence-electron chi connectivity index (χ0n) is 9.57. The van der Waals surface area contributed by atoms with Crippen molar-refractivity contribution in [2.75, 3.05) is 19.6 Å². The number of hydrogen-bond acceptors (Lipinski definition) is 4. The quantitative estimate of drug-likeness (QED) is 0.478. The number of hydrogen-bond donors (Lipinski definition) is 2. The SMILES string of the molecule is O=[N+]([O-])c1ccc(C(O)CN2CCNC2=S)cc1. The molecule has 0 aromatic heterocycles. The van der Waals surface area contributed by atoms with Crippen molar-refractivity contribution in [3.8, 4) is 0 Å². The lowest BCUT2D eigenvalue weighted by Crippen LogP contribution is -2.31. The van der Waals surface area contributed by atoms with Gasteiger partial charge in [0.15, 0.2) is 5.11 Å². The van der Waals surface area contributed by atoms with E-state index in [4.69, 9.17) is 12.2 Å². The van der Waals surface area contributed by atoms with Gasteiger partial charge in [-0.2, -0.15) is 0 Å². The lowest BCUT2D eigenvalue weighted by atomic mass is 10.1. The minimum absolute atomic E-state index is 0.0179. The lowest BCUT2D eigenvalue weighted by Gasteiger charge is -2.20. The molecule has 0 aliphatic carbocycles. The minimum atomic E-state index is -0.705. The van der Waals surface area contributed by atoms with Gasteiger partial charge in [0.1, 0.15) is 0 Å². The zero-order valence-corrected chi connectivity index (χ0v) is 10.4. The number of non-ortho nitro benzene ring substituents is 1. The van der Waals surface area contributed by atoms with Gasteiger partial charge in [0, 0.05) is 25.2 Å². The summed E-state index contributed by atoms with van der Waals surface area (Å²) in [5, 5.41) is 24.2. The topological polar surface area (TPSA) is 78.6 Å². The number of benzene rings is 1. The smallest absolute Gasteiger partial charge is 0.269 e. The van der Waals surface area contributed by atoms with Crippen molar-refractivity contribution in [2.45, 2.75) is 6.10 Å². The first-order chi connectivity index (χ1) is 8.58. The molecule has 6 nitrogen and oxygen atoms in total. The van der Waals surface area contributed by atoms with Crippen LogP contribution in [0.5, 0.6) is 0 Å². The predicted molar refractivity (Wildman–Crippen MR) is 70.2 cm³/mol. The third kappa shape index (κ3) is 2.74. The van der Waals surface area contributed by atoms with Crippen molar-refractivity contribution < 1.29 is 10.0 Å².